The number of hydrogen-bond donors (Lipinski definition) is 1. The molecule has 0 bridgehead atoms. The van der Waals surface area contributed by atoms with Crippen LogP contribution in [0.5, 0.6) is 0 Å². The Bertz CT molecular complexity index is 540. The van der Waals surface area contributed by atoms with Crippen LogP contribution in [0, 0.1) is 6.92 Å². The predicted octanol–water partition coefficient (Wildman–Crippen LogP) is 1.07. The standard InChI is InChI=1S/C18H28N4O/c1-15-4-2-5-16(12-15)20-8-10-21(11-9-20)17-6-3-7-22(14-17)18(23)13-19/h2,4-5,12,17H,3,6-11,13-14,19H2,1H3. The summed E-state index contributed by atoms with van der Waals surface area (Å²) in [6.45, 7) is 8.26. The predicted molar refractivity (Wildman–Crippen MR) is 93.6 cm³/mol. The molecule has 2 N–H and O–H groups in total. The number of amides is 1. The summed E-state index contributed by atoms with van der Waals surface area (Å²) in [5.74, 6) is 0.0908. The number of aryl methyl sites for hydroxylation is 1. The number of likely N-dealkylation sites (tertiary alicyclic amines) is 1. The molecule has 1 aromatic rings. The maximum Gasteiger partial charge on any atom is 0.236 e. The molecule has 1 amide bonds. The second-order valence-corrected chi connectivity index (χ2v) is 6.70. The fourth-order valence-corrected chi connectivity index (χ4v) is 3.78. The monoisotopic (exact) mass is 316 g/mol. The van der Waals surface area contributed by atoms with Crippen molar-refractivity contribution in [1.82, 2.24) is 9.80 Å². The summed E-state index contributed by atoms with van der Waals surface area (Å²) in [5, 5.41) is 0. The number of nitrogens with two attached hydrogens (primary N) is 1. The number of benzene rings is 1. The van der Waals surface area contributed by atoms with E-state index in [0.29, 0.717) is 6.04 Å². The largest absolute Gasteiger partial charge is 0.369 e. The van der Waals surface area contributed by atoms with Crippen molar-refractivity contribution in [3.8, 4) is 0 Å². The highest BCUT2D eigenvalue weighted by Crippen LogP contribution is 2.21. The Kier molecular flexibility index (Phi) is 5.18. The lowest BCUT2D eigenvalue weighted by Crippen LogP contribution is -2.56. The molecular weight excluding hydrogens is 288 g/mol. The summed E-state index contributed by atoms with van der Waals surface area (Å²) in [4.78, 5) is 18.8. The van der Waals surface area contributed by atoms with Crippen molar-refractivity contribution in [2.24, 2.45) is 5.73 Å². The summed E-state index contributed by atoms with van der Waals surface area (Å²) < 4.78 is 0. The van der Waals surface area contributed by atoms with E-state index in [-0.39, 0.29) is 12.5 Å². The number of anilines is 1. The second-order valence-electron chi connectivity index (χ2n) is 6.70. The van der Waals surface area contributed by atoms with E-state index >= 15 is 0 Å². The molecule has 0 saturated carbocycles. The average Bonchev–Trinajstić information content (AvgIpc) is 2.61. The van der Waals surface area contributed by atoms with E-state index in [1.54, 1.807) is 0 Å². The maximum atomic E-state index is 11.8. The minimum atomic E-state index is 0.0908. The van der Waals surface area contributed by atoms with Crippen molar-refractivity contribution < 1.29 is 4.79 Å². The van der Waals surface area contributed by atoms with Gasteiger partial charge in [-0.15, -0.1) is 0 Å². The maximum absolute atomic E-state index is 11.8. The first-order valence-electron chi connectivity index (χ1n) is 8.71. The van der Waals surface area contributed by atoms with Gasteiger partial charge in [0.25, 0.3) is 0 Å². The lowest BCUT2D eigenvalue weighted by atomic mass is 10.0. The fraction of sp³-hybridized carbons (Fsp3) is 0.611. The molecule has 1 atom stereocenters. The molecule has 1 aromatic carbocycles. The SMILES string of the molecule is Cc1cccc(N2CCN(C3CCCN(C(=O)CN)C3)CC2)c1. The Balaban J connectivity index is 1.55. The van der Waals surface area contributed by atoms with Crippen molar-refractivity contribution in [3.63, 3.8) is 0 Å². The summed E-state index contributed by atoms with van der Waals surface area (Å²) >= 11 is 0. The van der Waals surface area contributed by atoms with Crippen molar-refractivity contribution in [2.75, 3.05) is 50.7 Å². The van der Waals surface area contributed by atoms with Crippen molar-refractivity contribution in [1.29, 1.82) is 0 Å². The van der Waals surface area contributed by atoms with E-state index in [2.05, 4.69) is 41.0 Å². The summed E-state index contributed by atoms with van der Waals surface area (Å²) in [6, 6.07) is 9.24. The highest BCUT2D eigenvalue weighted by atomic mass is 16.2. The lowest BCUT2D eigenvalue weighted by Gasteiger charge is -2.44. The number of carbonyl (C=O) groups excluding carboxylic acids is 1. The zero-order valence-corrected chi connectivity index (χ0v) is 14.1. The number of piperazine rings is 1. The molecule has 0 spiro atoms. The quantitative estimate of drug-likeness (QED) is 0.906. The van der Waals surface area contributed by atoms with Gasteiger partial charge in [0.05, 0.1) is 6.54 Å². The molecule has 0 aromatic heterocycles. The molecule has 126 valence electrons. The van der Waals surface area contributed by atoms with Gasteiger partial charge in [-0.05, 0) is 37.5 Å². The van der Waals surface area contributed by atoms with Gasteiger partial charge in [-0.3, -0.25) is 9.69 Å². The molecule has 0 radical (unpaired) electrons. The third-order valence-corrected chi connectivity index (χ3v) is 5.12. The summed E-state index contributed by atoms with van der Waals surface area (Å²) in [7, 11) is 0. The molecule has 2 heterocycles. The van der Waals surface area contributed by atoms with Gasteiger partial charge < -0.3 is 15.5 Å². The number of hydrogen-bond acceptors (Lipinski definition) is 4. The van der Waals surface area contributed by atoms with Crippen molar-refractivity contribution >= 4 is 11.6 Å². The number of rotatable bonds is 3. The zero-order valence-electron chi connectivity index (χ0n) is 14.1. The van der Waals surface area contributed by atoms with Crippen LogP contribution >= 0.6 is 0 Å². The van der Waals surface area contributed by atoms with Crippen LogP contribution < -0.4 is 10.6 Å². The van der Waals surface area contributed by atoms with E-state index in [9.17, 15) is 4.79 Å². The number of nitrogens with zero attached hydrogens (tertiary/aromatic N) is 3. The summed E-state index contributed by atoms with van der Waals surface area (Å²) in [6.07, 6.45) is 2.29. The first-order chi connectivity index (χ1) is 11.2. The van der Waals surface area contributed by atoms with Gasteiger partial charge in [-0.2, -0.15) is 0 Å². The second kappa shape index (κ2) is 7.32. The molecule has 3 rings (SSSR count). The number of carbonyl (C=O) groups is 1. The lowest BCUT2D eigenvalue weighted by molar-refractivity contribution is -0.131. The molecule has 5 nitrogen and oxygen atoms in total. The van der Waals surface area contributed by atoms with E-state index < -0.39 is 0 Å². The Morgan fingerprint density at radius 3 is 2.70 bits per heavy atom. The van der Waals surface area contributed by atoms with Crippen LogP contribution in [0.25, 0.3) is 0 Å². The van der Waals surface area contributed by atoms with Crippen LogP contribution in [-0.4, -0.2) is 67.6 Å². The molecule has 2 aliphatic heterocycles. The van der Waals surface area contributed by atoms with Gasteiger partial charge in [0, 0.05) is 51.0 Å². The first-order valence-corrected chi connectivity index (χ1v) is 8.71. The van der Waals surface area contributed by atoms with E-state index in [0.717, 1.165) is 45.7 Å². The highest BCUT2D eigenvalue weighted by Gasteiger charge is 2.29. The Labute approximate surface area is 139 Å². The normalized spacial score (nSPS) is 23.1. The summed E-state index contributed by atoms with van der Waals surface area (Å²) in [5.41, 5.74) is 8.15. The van der Waals surface area contributed by atoms with Gasteiger partial charge in [0.2, 0.25) is 5.91 Å². The first kappa shape index (κ1) is 16.3. The van der Waals surface area contributed by atoms with Crippen LogP contribution in [0.1, 0.15) is 18.4 Å². The minimum absolute atomic E-state index is 0.0908. The highest BCUT2D eigenvalue weighted by molar-refractivity contribution is 5.78. The van der Waals surface area contributed by atoms with Crippen molar-refractivity contribution in [3.05, 3.63) is 29.8 Å². The Hall–Kier alpha value is -1.59. The van der Waals surface area contributed by atoms with Gasteiger partial charge in [-0.25, -0.2) is 0 Å². The van der Waals surface area contributed by atoms with Gasteiger partial charge in [-0.1, -0.05) is 12.1 Å². The third kappa shape index (κ3) is 3.85. The molecule has 2 saturated heterocycles. The van der Waals surface area contributed by atoms with Crippen LogP contribution in [0.4, 0.5) is 5.69 Å². The fourth-order valence-electron chi connectivity index (χ4n) is 3.78. The van der Waals surface area contributed by atoms with Crippen LogP contribution in [0.15, 0.2) is 24.3 Å². The van der Waals surface area contributed by atoms with Gasteiger partial charge in [0.15, 0.2) is 0 Å². The number of piperidine rings is 1. The van der Waals surface area contributed by atoms with Gasteiger partial charge >= 0.3 is 0 Å². The van der Waals surface area contributed by atoms with E-state index in [4.69, 9.17) is 5.73 Å². The average molecular weight is 316 g/mol. The molecule has 1 unspecified atom stereocenters. The van der Waals surface area contributed by atoms with E-state index in [1.807, 2.05) is 4.90 Å². The molecular formula is C18H28N4O. The van der Waals surface area contributed by atoms with Crippen molar-refractivity contribution in [2.45, 2.75) is 25.8 Å². The Morgan fingerprint density at radius 1 is 1.22 bits per heavy atom. The van der Waals surface area contributed by atoms with Crippen LogP contribution in [0.2, 0.25) is 0 Å². The third-order valence-electron chi connectivity index (χ3n) is 5.12. The molecule has 5 heteroatoms. The molecule has 0 aliphatic carbocycles. The zero-order chi connectivity index (χ0) is 16.2. The van der Waals surface area contributed by atoms with Crippen LogP contribution in [-0.2, 0) is 4.79 Å². The smallest absolute Gasteiger partial charge is 0.236 e. The van der Waals surface area contributed by atoms with E-state index in [1.165, 1.54) is 17.7 Å². The topological polar surface area (TPSA) is 52.8 Å². The Morgan fingerprint density at radius 2 is 2.00 bits per heavy atom. The molecule has 2 aliphatic rings. The van der Waals surface area contributed by atoms with Gasteiger partial charge in [0.1, 0.15) is 0 Å². The minimum Gasteiger partial charge on any atom is -0.369 e. The van der Waals surface area contributed by atoms with Crippen LogP contribution in [0.3, 0.4) is 0 Å². The molecule has 23 heavy (non-hydrogen) atoms. The molecule has 2 fully saturated rings.